The second-order valence-corrected chi connectivity index (χ2v) is 7.10. The van der Waals surface area contributed by atoms with Crippen LogP contribution in [0.15, 0.2) is 36.8 Å². The zero-order valence-electron chi connectivity index (χ0n) is 15.1. The van der Waals surface area contributed by atoms with Crippen LogP contribution in [-0.4, -0.2) is 32.8 Å². The lowest BCUT2D eigenvalue weighted by atomic mass is 9.94. The lowest BCUT2D eigenvalue weighted by molar-refractivity contribution is 0.449. The summed E-state index contributed by atoms with van der Waals surface area (Å²) < 4.78 is 2.17. The maximum Gasteiger partial charge on any atom is 0.136 e. The van der Waals surface area contributed by atoms with Gasteiger partial charge in [0.05, 0.1) is 16.8 Å². The predicted octanol–water partition coefficient (Wildman–Crippen LogP) is 3.66. The van der Waals surface area contributed by atoms with Crippen molar-refractivity contribution < 1.29 is 0 Å². The number of piperidine rings is 1. The second kappa shape index (κ2) is 6.75. The molecular weight excluding hydrogens is 324 g/mol. The monoisotopic (exact) mass is 346 g/mol. The number of nitriles is 1. The summed E-state index contributed by atoms with van der Waals surface area (Å²) in [6.45, 7) is 6.12. The summed E-state index contributed by atoms with van der Waals surface area (Å²) >= 11 is 0. The molecule has 6 heteroatoms. The average molecular weight is 346 g/mol. The van der Waals surface area contributed by atoms with Crippen LogP contribution in [0.2, 0.25) is 0 Å². The SMILES string of the molecule is CC(C)n1cnnc1C1CCN(c2c(C#N)cnc3ccccc23)CC1. The minimum absolute atomic E-state index is 0.368. The first-order valence-electron chi connectivity index (χ1n) is 9.11. The molecule has 3 heterocycles. The molecule has 3 aromatic rings. The maximum absolute atomic E-state index is 9.57. The molecule has 0 saturated carbocycles. The van der Waals surface area contributed by atoms with Crippen LogP contribution in [0.4, 0.5) is 5.69 Å². The van der Waals surface area contributed by atoms with E-state index in [1.807, 2.05) is 24.5 Å². The molecule has 1 aliphatic rings. The van der Waals surface area contributed by atoms with Crippen LogP contribution in [0.3, 0.4) is 0 Å². The van der Waals surface area contributed by atoms with Gasteiger partial charge in [0.25, 0.3) is 0 Å². The highest BCUT2D eigenvalue weighted by atomic mass is 15.3. The molecule has 0 atom stereocenters. The van der Waals surface area contributed by atoms with E-state index in [2.05, 4.69) is 50.6 Å². The molecule has 0 amide bonds. The van der Waals surface area contributed by atoms with Crippen molar-refractivity contribution in [1.82, 2.24) is 19.7 Å². The Morgan fingerprint density at radius 2 is 1.96 bits per heavy atom. The van der Waals surface area contributed by atoms with E-state index in [0.717, 1.165) is 48.3 Å². The summed E-state index contributed by atoms with van der Waals surface area (Å²) in [6, 6.07) is 10.7. The van der Waals surface area contributed by atoms with Crippen molar-refractivity contribution in [3.63, 3.8) is 0 Å². The summed E-state index contributed by atoms with van der Waals surface area (Å²) in [5, 5.41) is 19.1. The van der Waals surface area contributed by atoms with E-state index >= 15 is 0 Å². The van der Waals surface area contributed by atoms with Crippen LogP contribution >= 0.6 is 0 Å². The van der Waals surface area contributed by atoms with Gasteiger partial charge in [-0.05, 0) is 32.8 Å². The average Bonchev–Trinajstić information content (AvgIpc) is 3.17. The van der Waals surface area contributed by atoms with Gasteiger partial charge in [0.2, 0.25) is 0 Å². The zero-order valence-corrected chi connectivity index (χ0v) is 15.1. The summed E-state index contributed by atoms with van der Waals surface area (Å²) in [5.41, 5.74) is 2.59. The molecule has 0 unspecified atom stereocenters. The van der Waals surface area contributed by atoms with Crippen LogP contribution in [0.25, 0.3) is 10.9 Å². The Morgan fingerprint density at radius 3 is 2.69 bits per heavy atom. The van der Waals surface area contributed by atoms with E-state index in [1.54, 1.807) is 6.20 Å². The van der Waals surface area contributed by atoms with Crippen molar-refractivity contribution in [2.75, 3.05) is 18.0 Å². The maximum atomic E-state index is 9.57. The Bertz CT molecular complexity index is 960. The molecule has 6 nitrogen and oxygen atoms in total. The molecule has 0 bridgehead atoms. The molecule has 1 fully saturated rings. The molecule has 4 rings (SSSR count). The van der Waals surface area contributed by atoms with Crippen LogP contribution in [0.1, 0.15) is 50.0 Å². The number of aromatic nitrogens is 4. The molecule has 1 aliphatic heterocycles. The molecule has 1 saturated heterocycles. The van der Waals surface area contributed by atoms with E-state index in [4.69, 9.17) is 0 Å². The van der Waals surface area contributed by atoms with Gasteiger partial charge in [-0.2, -0.15) is 5.26 Å². The molecule has 1 aromatic carbocycles. The fraction of sp³-hybridized carbons (Fsp3) is 0.400. The van der Waals surface area contributed by atoms with Gasteiger partial charge in [-0.1, -0.05) is 18.2 Å². The van der Waals surface area contributed by atoms with Gasteiger partial charge in [-0.3, -0.25) is 4.98 Å². The van der Waals surface area contributed by atoms with Crippen LogP contribution in [0.5, 0.6) is 0 Å². The normalized spacial score (nSPS) is 15.5. The van der Waals surface area contributed by atoms with Crippen molar-refractivity contribution in [3.05, 3.63) is 48.2 Å². The van der Waals surface area contributed by atoms with Gasteiger partial charge in [0.1, 0.15) is 18.2 Å². The highest BCUT2D eigenvalue weighted by molar-refractivity contribution is 5.94. The highest BCUT2D eigenvalue weighted by Crippen LogP contribution is 2.35. The second-order valence-electron chi connectivity index (χ2n) is 7.10. The molecule has 2 aromatic heterocycles. The predicted molar refractivity (Wildman–Crippen MR) is 101 cm³/mol. The van der Waals surface area contributed by atoms with Crippen molar-refractivity contribution in [1.29, 1.82) is 5.26 Å². The van der Waals surface area contributed by atoms with Crippen molar-refractivity contribution in [3.8, 4) is 6.07 Å². The number of rotatable bonds is 3. The van der Waals surface area contributed by atoms with E-state index in [1.165, 1.54) is 0 Å². The van der Waals surface area contributed by atoms with Crippen molar-refractivity contribution in [2.24, 2.45) is 0 Å². The molecule has 26 heavy (non-hydrogen) atoms. The summed E-state index contributed by atoms with van der Waals surface area (Å²) in [5.74, 6) is 1.49. The fourth-order valence-corrected chi connectivity index (χ4v) is 3.85. The molecule has 0 aliphatic carbocycles. The first-order valence-corrected chi connectivity index (χ1v) is 9.11. The zero-order chi connectivity index (χ0) is 18.1. The number of benzene rings is 1. The van der Waals surface area contributed by atoms with Crippen LogP contribution < -0.4 is 4.90 Å². The topological polar surface area (TPSA) is 70.6 Å². The quantitative estimate of drug-likeness (QED) is 0.724. The minimum atomic E-state index is 0.368. The van der Waals surface area contributed by atoms with Gasteiger partial charge < -0.3 is 9.47 Å². The van der Waals surface area contributed by atoms with Gasteiger partial charge in [-0.15, -0.1) is 10.2 Å². The number of hydrogen-bond acceptors (Lipinski definition) is 5. The molecule has 132 valence electrons. The van der Waals surface area contributed by atoms with Crippen LogP contribution in [0, 0.1) is 11.3 Å². The third kappa shape index (κ3) is 2.80. The Morgan fingerprint density at radius 1 is 1.19 bits per heavy atom. The van der Waals surface area contributed by atoms with E-state index < -0.39 is 0 Å². The third-order valence-corrected chi connectivity index (χ3v) is 5.20. The third-order valence-electron chi connectivity index (χ3n) is 5.20. The number of hydrogen-bond donors (Lipinski definition) is 0. The number of para-hydroxylation sites is 1. The Kier molecular flexibility index (Phi) is 4.29. The van der Waals surface area contributed by atoms with Crippen molar-refractivity contribution in [2.45, 2.75) is 38.6 Å². The summed E-state index contributed by atoms with van der Waals surface area (Å²) in [4.78, 5) is 6.75. The number of nitrogens with zero attached hydrogens (tertiary/aromatic N) is 6. The Hall–Kier alpha value is -2.94. The minimum Gasteiger partial charge on any atom is -0.370 e. The lowest BCUT2D eigenvalue weighted by Crippen LogP contribution is -2.34. The molecule has 0 radical (unpaired) electrons. The first kappa shape index (κ1) is 16.5. The van der Waals surface area contributed by atoms with E-state index in [0.29, 0.717) is 17.5 Å². The molecule has 0 spiro atoms. The van der Waals surface area contributed by atoms with Crippen LogP contribution in [-0.2, 0) is 0 Å². The van der Waals surface area contributed by atoms with Gasteiger partial charge in [0.15, 0.2) is 0 Å². The smallest absolute Gasteiger partial charge is 0.136 e. The van der Waals surface area contributed by atoms with Gasteiger partial charge in [0, 0.05) is 36.6 Å². The standard InChI is InChI=1S/C20H22N6/c1-14(2)26-13-23-24-20(26)15-7-9-25(10-8-15)19-16(11-21)12-22-18-6-4-3-5-17(18)19/h3-6,12-15H,7-10H2,1-2H3. The molecule has 0 N–H and O–H groups in total. The number of anilines is 1. The number of pyridine rings is 1. The van der Waals surface area contributed by atoms with Gasteiger partial charge >= 0.3 is 0 Å². The summed E-state index contributed by atoms with van der Waals surface area (Å²) in [7, 11) is 0. The highest BCUT2D eigenvalue weighted by Gasteiger charge is 2.27. The fourth-order valence-electron chi connectivity index (χ4n) is 3.85. The first-order chi connectivity index (χ1) is 12.7. The summed E-state index contributed by atoms with van der Waals surface area (Å²) in [6.07, 6.45) is 5.54. The van der Waals surface area contributed by atoms with Gasteiger partial charge in [-0.25, -0.2) is 0 Å². The van der Waals surface area contributed by atoms with E-state index in [-0.39, 0.29) is 0 Å². The Balaban J connectivity index is 1.62. The largest absolute Gasteiger partial charge is 0.370 e. The van der Waals surface area contributed by atoms with Crippen molar-refractivity contribution >= 4 is 16.6 Å². The molecular formula is C20H22N6. The Labute approximate surface area is 153 Å². The number of fused-ring (bicyclic) bond motifs is 1. The lowest BCUT2D eigenvalue weighted by Gasteiger charge is -2.34. The van der Waals surface area contributed by atoms with E-state index in [9.17, 15) is 5.26 Å².